The summed E-state index contributed by atoms with van der Waals surface area (Å²) in [5.74, 6) is 1.76. The molecule has 7 heteroatoms. The maximum Gasteiger partial charge on any atom is 0.230 e. The Bertz CT molecular complexity index is 717. The van der Waals surface area contributed by atoms with Crippen molar-refractivity contribution in [2.45, 2.75) is 31.3 Å². The number of hydrogen-bond acceptors (Lipinski definition) is 5. The topological polar surface area (TPSA) is 73.9 Å². The lowest BCUT2D eigenvalue weighted by Gasteiger charge is -2.17. The van der Waals surface area contributed by atoms with Crippen LogP contribution in [0, 0.1) is 13.8 Å². The molecule has 1 aliphatic rings. The third-order valence-electron chi connectivity index (χ3n) is 4.56. The lowest BCUT2D eigenvalue weighted by Crippen LogP contribution is -2.34. The fourth-order valence-corrected chi connectivity index (χ4v) is 3.93. The summed E-state index contributed by atoms with van der Waals surface area (Å²) >= 11 is 1.35. The Kier molecular flexibility index (Phi) is 6.09. The number of H-pyrrole nitrogens is 1. The van der Waals surface area contributed by atoms with Gasteiger partial charge in [-0.25, -0.2) is 4.98 Å². The SMILES string of the molecule is Cc1nc(SCC(=O)NCCN2CCC(c3ccccc3C)C2)n[nH]1. The number of aromatic amines is 1. The highest BCUT2D eigenvalue weighted by molar-refractivity contribution is 7.99. The molecule has 2 N–H and O–H groups in total. The Hall–Kier alpha value is -1.86. The van der Waals surface area contributed by atoms with E-state index in [4.69, 9.17) is 0 Å². The van der Waals surface area contributed by atoms with Gasteiger partial charge in [0, 0.05) is 19.6 Å². The second-order valence-corrected chi connectivity index (χ2v) is 7.43. The summed E-state index contributed by atoms with van der Waals surface area (Å²) in [4.78, 5) is 18.5. The molecule has 0 radical (unpaired) electrons. The molecular weight excluding hydrogens is 334 g/mol. The molecular formula is C18H25N5OS. The minimum atomic E-state index is 0.0297. The predicted molar refractivity (Wildman–Crippen MR) is 99.8 cm³/mol. The minimum absolute atomic E-state index is 0.0297. The minimum Gasteiger partial charge on any atom is -0.354 e. The van der Waals surface area contributed by atoms with E-state index in [1.807, 2.05) is 6.92 Å². The summed E-state index contributed by atoms with van der Waals surface area (Å²) in [6.07, 6.45) is 1.19. The van der Waals surface area contributed by atoms with Crippen LogP contribution >= 0.6 is 11.8 Å². The number of hydrogen-bond donors (Lipinski definition) is 2. The van der Waals surface area contributed by atoms with Gasteiger partial charge in [0.15, 0.2) is 0 Å². The van der Waals surface area contributed by atoms with E-state index in [-0.39, 0.29) is 5.91 Å². The Morgan fingerprint density at radius 2 is 2.24 bits per heavy atom. The molecule has 0 saturated carbocycles. The molecule has 1 aliphatic heterocycles. The van der Waals surface area contributed by atoms with Crippen molar-refractivity contribution >= 4 is 17.7 Å². The first-order chi connectivity index (χ1) is 12.1. The van der Waals surface area contributed by atoms with Crippen molar-refractivity contribution in [2.24, 2.45) is 0 Å². The van der Waals surface area contributed by atoms with Crippen LogP contribution in [0.5, 0.6) is 0 Å². The number of thioether (sulfide) groups is 1. The Morgan fingerprint density at radius 1 is 1.40 bits per heavy atom. The van der Waals surface area contributed by atoms with Crippen LogP contribution < -0.4 is 5.32 Å². The Labute approximate surface area is 152 Å². The van der Waals surface area contributed by atoms with Gasteiger partial charge in [0.2, 0.25) is 11.1 Å². The fourth-order valence-electron chi connectivity index (χ4n) is 3.26. The normalized spacial score (nSPS) is 17.8. The average Bonchev–Trinajstić information content (AvgIpc) is 3.22. The van der Waals surface area contributed by atoms with E-state index in [1.54, 1.807) is 0 Å². The highest BCUT2D eigenvalue weighted by Gasteiger charge is 2.24. The molecule has 1 aromatic carbocycles. The van der Waals surface area contributed by atoms with Gasteiger partial charge in [0.05, 0.1) is 5.75 Å². The number of benzene rings is 1. The molecule has 0 bridgehead atoms. The van der Waals surface area contributed by atoms with Gasteiger partial charge in [-0.05, 0) is 43.9 Å². The molecule has 1 aromatic heterocycles. The molecule has 1 atom stereocenters. The number of nitrogens with zero attached hydrogens (tertiary/aromatic N) is 3. The van der Waals surface area contributed by atoms with Crippen LogP contribution in [-0.4, -0.2) is 57.9 Å². The molecule has 0 aliphatic carbocycles. The first-order valence-corrected chi connectivity index (χ1v) is 9.67. The highest BCUT2D eigenvalue weighted by atomic mass is 32.2. The van der Waals surface area contributed by atoms with E-state index in [0.29, 0.717) is 23.4 Å². The van der Waals surface area contributed by atoms with Crippen LogP contribution in [-0.2, 0) is 4.79 Å². The van der Waals surface area contributed by atoms with E-state index < -0.39 is 0 Å². The zero-order valence-corrected chi connectivity index (χ0v) is 15.6. The first-order valence-electron chi connectivity index (χ1n) is 8.68. The summed E-state index contributed by atoms with van der Waals surface area (Å²) in [6, 6.07) is 8.65. The number of carbonyl (C=O) groups excluding carboxylic acids is 1. The van der Waals surface area contributed by atoms with Gasteiger partial charge in [-0.2, -0.15) is 0 Å². The number of aromatic nitrogens is 3. The zero-order valence-electron chi connectivity index (χ0n) is 14.8. The van der Waals surface area contributed by atoms with Crippen LogP contribution in [0.2, 0.25) is 0 Å². The highest BCUT2D eigenvalue weighted by Crippen LogP contribution is 2.28. The van der Waals surface area contributed by atoms with E-state index >= 15 is 0 Å². The largest absolute Gasteiger partial charge is 0.354 e. The van der Waals surface area contributed by atoms with Crippen molar-refractivity contribution in [3.63, 3.8) is 0 Å². The number of rotatable bonds is 7. The second-order valence-electron chi connectivity index (χ2n) is 6.48. The van der Waals surface area contributed by atoms with Crippen molar-refractivity contribution < 1.29 is 4.79 Å². The van der Waals surface area contributed by atoms with E-state index in [9.17, 15) is 4.79 Å². The van der Waals surface area contributed by atoms with Gasteiger partial charge in [-0.3, -0.25) is 9.89 Å². The maximum atomic E-state index is 11.9. The van der Waals surface area contributed by atoms with Crippen molar-refractivity contribution in [2.75, 3.05) is 31.9 Å². The third kappa shape index (κ3) is 5.06. The number of aryl methyl sites for hydroxylation is 2. The zero-order chi connectivity index (χ0) is 17.6. The smallest absolute Gasteiger partial charge is 0.230 e. The molecule has 1 saturated heterocycles. The fraction of sp³-hybridized carbons (Fsp3) is 0.500. The number of amides is 1. The van der Waals surface area contributed by atoms with E-state index in [0.717, 1.165) is 25.5 Å². The molecule has 134 valence electrons. The lowest BCUT2D eigenvalue weighted by atomic mass is 9.94. The first kappa shape index (κ1) is 17.9. The molecule has 6 nitrogen and oxygen atoms in total. The molecule has 1 unspecified atom stereocenters. The Balaban J connectivity index is 1.35. The van der Waals surface area contributed by atoms with E-state index in [2.05, 4.69) is 56.6 Å². The maximum absolute atomic E-state index is 11.9. The van der Waals surface area contributed by atoms with Crippen LogP contribution in [0.25, 0.3) is 0 Å². The van der Waals surface area contributed by atoms with Crippen LogP contribution in [0.4, 0.5) is 0 Å². The number of likely N-dealkylation sites (tertiary alicyclic amines) is 1. The average molecular weight is 359 g/mol. The van der Waals surface area contributed by atoms with Gasteiger partial charge in [0.25, 0.3) is 0 Å². The molecule has 0 spiro atoms. The predicted octanol–water partition coefficient (Wildman–Crippen LogP) is 2.12. The summed E-state index contributed by atoms with van der Waals surface area (Å²) in [5.41, 5.74) is 2.84. The van der Waals surface area contributed by atoms with Gasteiger partial charge in [-0.15, -0.1) is 5.10 Å². The Morgan fingerprint density at radius 3 is 3.00 bits per heavy atom. The summed E-state index contributed by atoms with van der Waals surface area (Å²) < 4.78 is 0. The van der Waals surface area contributed by atoms with Crippen molar-refractivity contribution in [3.8, 4) is 0 Å². The van der Waals surface area contributed by atoms with Gasteiger partial charge in [0.1, 0.15) is 5.82 Å². The molecule has 1 amide bonds. The molecule has 2 heterocycles. The van der Waals surface area contributed by atoms with Crippen LogP contribution in [0.1, 0.15) is 29.3 Å². The van der Waals surface area contributed by atoms with Crippen molar-refractivity contribution in [3.05, 3.63) is 41.2 Å². The third-order valence-corrected chi connectivity index (χ3v) is 5.41. The molecule has 2 aromatic rings. The van der Waals surface area contributed by atoms with Crippen LogP contribution in [0.3, 0.4) is 0 Å². The molecule has 1 fully saturated rings. The number of carbonyl (C=O) groups is 1. The van der Waals surface area contributed by atoms with Crippen LogP contribution in [0.15, 0.2) is 29.4 Å². The van der Waals surface area contributed by atoms with Crippen molar-refractivity contribution in [1.29, 1.82) is 0 Å². The van der Waals surface area contributed by atoms with Gasteiger partial charge < -0.3 is 10.2 Å². The number of nitrogens with one attached hydrogen (secondary N) is 2. The summed E-state index contributed by atoms with van der Waals surface area (Å²) in [5, 5.41) is 10.4. The molecule has 3 rings (SSSR count). The van der Waals surface area contributed by atoms with E-state index in [1.165, 1.54) is 29.3 Å². The lowest BCUT2D eigenvalue weighted by molar-refractivity contribution is -0.118. The standard InChI is InChI=1S/C18H25N5OS/c1-13-5-3-4-6-16(13)15-7-9-23(11-15)10-8-19-17(24)12-25-18-20-14(2)21-22-18/h3-6,15H,7-12H2,1-2H3,(H,19,24)(H,20,21,22). The quantitative estimate of drug-likeness (QED) is 0.741. The van der Waals surface area contributed by atoms with Gasteiger partial charge >= 0.3 is 0 Å². The van der Waals surface area contributed by atoms with Crippen molar-refractivity contribution in [1.82, 2.24) is 25.4 Å². The second kappa shape index (κ2) is 8.49. The van der Waals surface area contributed by atoms with Gasteiger partial charge in [-0.1, -0.05) is 36.0 Å². The summed E-state index contributed by atoms with van der Waals surface area (Å²) in [7, 11) is 0. The molecule has 25 heavy (non-hydrogen) atoms. The summed E-state index contributed by atoms with van der Waals surface area (Å²) in [6.45, 7) is 7.79. The monoisotopic (exact) mass is 359 g/mol.